The first-order chi connectivity index (χ1) is 14.6. The Hall–Kier alpha value is -3.45. The van der Waals surface area contributed by atoms with Crippen molar-refractivity contribution in [2.45, 2.75) is 13.5 Å². The van der Waals surface area contributed by atoms with Crippen LogP contribution in [-0.2, 0) is 6.54 Å². The summed E-state index contributed by atoms with van der Waals surface area (Å²) < 4.78 is 11.9. The molecule has 0 spiro atoms. The predicted octanol–water partition coefficient (Wildman–Crippen LogP) is 4.86. The molecule has 0 N–H and O–H groups in total. The number of hydrogen-bond donors (Lipinski definition) is 0. The third-order valence-electron chi connectivity index (χ3n) is 4.79. The average molecular weight is 420 g/mol. The van der Waals surface area contributed by atoms with Crippen LogP contribution >= 0.6 is 11.3 Å². The molecule has 6 nitrogen and oxygen atoms in total. The molecule has 4 aromatic rings. The molecule has 0 saturated heterocycles. The normalized spacial score (nSPS) is 10.8. The minimum absolute atomic E-state index is 0.188. The maximum Gasteiger partial charge on any atom is 0.264 e. The summed E-state index contributed by atoms with van der Waals surface area (Å²) in [6.07, 6.45) is 3.46. The highest BCUT2D eigenvalue weighted by Crippen LogP contribution is 2.37. The monoisotopic (exact) mass is 419 g/mol. The Balaban J connectivity index is 1.84. The molecule has 30 heavy (non-hydrogen) atoms. The second kappa shape index (κ2) is 8.51. The van der Waals surface area contributed by atoms with E-state index in [1.54, 1.807) is 43.6 Å². The number of nitrogens with zero attached hydrogens (tertiary/aromatic N) is 3. The number of methoxy groups -OCH3 is 2. The number of anilines is 1. The summed E-state index contributed by atoms with van der Waals surface area (Å²) in [5.41, 5.74) is 3.22. The highest BCUT2D eigenvalue weighted by atomic mass is 32.1. The van der Waals surface area contributed by atoms with Gasteiger partial charge < -0.3 is 9.47 Å². The molecule has 0 aliphatic carbocycles. The Morgan fingerprint density at radius 3 is 2.57 bits per heavy atom. The number of rotatable bonds is 6. The minimum Gasteiger partial charge on any atom is -0.496 e. The van der Waals surface area contributed by atoms with Crippen LogP contribution < -0.4 is 14.4 Å². The van der Waals surface area contributed by atoms with Gasteiger partial charge in [-0.15, -0.1) is 0 Å². The largest absolute Gasteiger partial charge is 0.496 e. The molecule has 0 unspecified atom stereocenters. The van der Waals surface area contributed by atoms with Gasteiger partial charge in [0.25, 0.3) is 5.91 Å². The molecular weight excluding hydrogens is 398 g/mol. The zero-order valence-corrected chi connectivity index (χ0v) is 17.8. The fourth-order valence-corrected chi connectivity index (χ4v) is 4.29. The Kier molecular flexibility index (Phi) is 5.63. The lowest BCUT2D eigenvalue weighted by molar-refractivity contribution is 0.0982. The number of hydrogen-bond acceptors (Lipinski definition) is 6. The van der Waals surface area contributed by atoms with E-state index in [2.05, 4.69) is 4.98 Å². The topological polar surface area (TPSA) is 64.5 Å². The van der Waals surface area contributed by atoms with Gasteiger partial charge in [-0.3, -0.25) is 14.7 Å². The van der Waals surface area contributed by atoms with Gasteiger partial charge in [-0.05, 0) is 42.3 Å². The molecule has 2 aromatic heterocycles. The van der Waals surface area contributed by atoms with Crippen molar-refractivity contribution in [1.29, 1.82) is 0 Å². The van der Waals surface area contributed by atoms with Crippen molar-refractivity contribution in [3.05, 3.63) is 77.6 Å². The van der Waals surface area contributed by atoms with E-state index < -0.39 is 0 Å². The van der Waals surface area contributed by atoms with Gasteiger partial charge in [0.05, 0.1) is 31.0 Å². The number of aromatic nitrogens is 2. The van der Waals surface area contributed by atoms with Crippen molar-refractivity contribution in [1.82, 2.24) is 9.97 Å². The number of pyridine rings is 1. The van der Waals surface area contributed by atoms with Crippen molar-refractivity contribution in [2.24, 2.45) is 0 Å². The number of fused-ring (bicyclic) bond motifs is 1. The van der Waals surface area contributed by atoms with E-state index in [4.69, 9.17) is 14.5 Å². The van der Waals surface area contributed by atoms with E-state index in [9.17, 15) is 4.79 Å². The number of ether oxygens (including phenoxy) is 2. The Labute approximate surface area is 178 Å². The molecule has 1 amide bonds. The molecule has 0 fully saturated rings. The molecular formula is C23H21N3O3S. The Morgan fingerprint density at radius 2 is 1.83 bits per heavy atom. The smallest absolute Gasteiger partial charge is 0.264 e. The number of thiazole rings is 1. The first-order valence-electron chi connectivity index (χ1n) is 9.40. The van der Waals surface area contributed by atoms with Crippen molar-refractivity contribution in [3.63, 3.8) is 0 Å². The minimum atomic E-state index is -0.188. The van der Waals surface area contributed by atoms with Gasteiger partial charge in [0, 0.05) is 12.4 Å². The quantitative estimate of drug-likeness (QED) is 0.446. The Bertz CT molecular complexity index is 1190. The summed E-state index contributed by atoms with van der Waals surface area (Å²) in [5, 5.41) is 0.595. The van der Waals surface area contributed by atoms with Gasteiger partial charge in [-0.1, -0.05) is 35.6 Å². The molecule has 0 bridgehead atoms. The zero-order chi connectivity index (χ0) is 21.1. The lowest BCUT2D eigenvalue weighted by atomic mass is 10.1. The first-order valence-corrected chi connectivity index (χ1v) is 10.2. The highest BCUT2D eigenvalue weighted by Gasteiger charge is 2.25. The SMILES string of the molecule is COc1ccccc1C(=O)N(Cc1cccnc1)c1nc2c(OC)ccc(C)c2s1. The molecule has 0 atom stereocenters. The number of carbonyl (C=O) groups excluding carboxylic acids is 1. The van der Waals surface area contributed by atoms with Gasteiger partial charge in [-0.2, -0.15) is 0 Å². The lowest BCUT2D eigenvalue weighted by Crippen LogP contribution is -2.30. The van der Waals surface area contributed by atoms with Crippen LogP contribution in [-0.4, -0.2) is 30.1 Å². The average Bonchev–Trinajstić information content (AvgIpc) is 3.24. The number of carbonyl (C=O) groups is 1. The molecule has 0 saturated carbocycles. The maximum atomic E-state index is 13.6. The molecule has 2 heterocycles. The summed E-state index contributed by atoms with van der Waals surface area (Å²) in [7, 11) is 3.18. The van der Waals surface area contributed by atoms with Crippen LogP contribution in [0.25, 0.3) is 10.2 Å². The molecule has 7 heteroatoms. The first kappa shape index (κ1) is 19.8. The van der Waals surface area contributed by atoms with E-state index >= 15 is 0 Å². The van der Waals surface area contributed by atoms with E-state index in [0.29, 0.717) is 28.7 Å². The molecule has 0 aliphatic heterocycles. The van der Waals surface area contributed by atoms with Gasteiger partial charge >= 0.3 is 0 Å². The van der Waals surface area contributed by atoms with Crippen LogP contribution in [0.15, 0.2) is 60.9 Å². The van der Waals surface area contributed by atoms with Crippen molar-refractivity contribution < 1.29 is 14.3 Å². The summed E-state index contributed by atoms with van der Waals surface area (Å²) in [6, 6.07) is 14.9. The van der Waals surface area contributed by atoms with E-state index in [1.165, 1.54) is 11.3 Å². The number of benzene rings is 2. The van der Waals surface area contributed by atoms with E-state index in [1.807, 2.05) is 43.3 Å². The number of para-hydroxylation sites is 1. The van der Waals surface area contributed by atoms with Gasteiger partial charge in [0.2, 0.25) is 0 Å². The van der Waals surface area contributed by atoms with Gasteiger partial charge in [0.15, 0.2) is 5.13 Å². The second-order valence-electron chi connectivity index (χ2n) is 6.71. The fraction of sp³-hybridized carbons (Fsp3) is 0.174. The highest BCUT2D eigenvalue weighted by molar-refractivity contribution is 7.22. The zero-order valence-electron chi connectivity index (χ0n) is 17.0. The standard InChI is InChI=1S/C23H21N3O3S/c1-15-10-11-19(29-3)20-21(15)30-23(25-20)26(14-16-7-6-12-24-13-16)22(27)17-8-4-5-9-18(17)28-2/h4-13H,14H2,1-3H3. The summed E-state index contributed by atoms with van der Waals surface area (Å²) >= 11 is 1.47. The third kappa shape index (κ3) is 3.71. The summed E-state index contributed by atoms with van der Waals surface area (Å²) in [6.45, 7) is 2.36. The molecule has 152 valence electrons. The number of amides is 1. The van der Waals surface area contributed by atoms with Crippen LogP contribution in [0.3, 0.4) is 0 Å². The second-order valence-corrected chi connectivity index (χ2v) is 7.69. The maximum absolute atomic E-state index is 13.6. The van der Waals surface area contributed by atoms with Crippen molar-refractivity contribution in [2.75, 3.05) is 19.1 Å². The number of aryl methyl sites for hydroxylation is 1. The van der Waals surface area contributed by atoms with Crippen molar-refractivity contribution >= 4 is 32.6 Å². The summed E-state index contributed by atoms with van der Waals surface area (Å²) in [5.74, 6) is 1.02. The van der Waals surface area contributed by atoms with Crippen molar-refractivity contribution in [3.8, 4) is 11.5 Å². The van der Waals surface area contributed by atoms with Crippen LogP contribution in [0, 0.1) is 6.92 Å². The fourth-order valence-electron chi connectivity index (χ4n) is 3.25. The van der Waals surface area contributed by atoms with Crippen LogP contribution in [0.5, 0.6) is 11.5 Å². The van der Waals surface area contributed by atoms with Crippen LogP contribution in [0.1, 0.15) is 21.5 Å². The molecule has 0 aliphatic rings. The van der Waals surface area contributed by atoms with E-state index in [-0.39, 0.29) is 5.91 Å². The van der Waals surface area contributed by atoms with Crippen LogP contribution in [0.4, 0.5) is 5.13 Å². The third-order valence-corrected chi connectivity index (χ3v) is 6.00. The lowest BCUT2D eigenvalue weighted by Gasteiger charge is -2.21. The predicted molar refractivity (Wildman–Crippen MR) is 119 cm³/mol. The molecule has 0 radical (unpaired) electrons. The van der Waals surface area contributed by atoms with E-state index in [0.717, 1.165) is 21.3 Å². The molecule has 4 rings (SSSR count). The van der Waals surface area contributed by atoms with Gasteiger partial charge in [0.1, 0.15) is 17.0 Å². The molecule has 2 aromatic carbocycles. The van der Waals surface area contributed by atoms with Gasteiger partial charge in [-0.25, -0.2) is 4.98 Å². The summed E-state index contributed by atoms with van der Waals surface area (Å²) in [4.78, 5) is 24.2. The Morgan fingerprint density at radius 1 is 1.03 bits per heavy atom. The van der Waals surface area contributed by atoms with Crippen LogP contribution in [0.2, 0.25) is 0 Å².